The van der Waals surface area contributed by atoms with E-state index in [1.165, 1.54) is 57.8 Å². The molecule has 14 nitrogen and oxygen atoms in total. The number of carbonyl (C=O) groups is 2. The molecule has 1 saturated carbocycles. The average molecular weight is 929 g/mol. The van der Waals surface area contributed by atoms with Gasteiger partial charge in [-0.2, -0.15) is 0 Å². The van der Waals surface area contributed by atoms with Crippen LogP contribution in [0.2, 0.25) is 0 Å². The Morgan fingerprint density at radius 2 is 0.922 bits per heavy atom. The number of hydrogen-bond donors (Lipinski definition) is 7. The molecule has 0 heterocycles. The molecule has 0 aromatic rings. The van der Waals surface area contributed by atoms with Crippen LogP contribution in [0.15, 0.2) is 60.8 Å². The fourth-order valence-electron chi connectivity index (χ4n) is 6.96. The van der Waals surface area contributed by atoms with Gasteiger partial charge < -0.3 is 45.0 Å². The predicted molar refractivity (Wildman–Crippen MR) is 250 cm³/mol. The van der Waals surface area contributed by atoms with Gasteiger partial charge in [0, 0.05) is 19.4 Å². The summed E-state index contributed by atoms with van der Waals surface area (Å²) in [4.78, 5) is 35.7. The highest BCUT2D eigenvalue weighted by Gasteiger charge is 2.51. The van der Waals surface area contributed by atoms with Gasteiger partial charge in [0.25, 0.3) is 0 Å². The maximum atomic E-state index is 12.8. The lowest BCUT2D eigenvalue weighted by atomic mass is 9.85. The van der Waals surface area contributed by atoms with E-state index in [0.29, 0.717) is 19.3 Å². The van der Waals surface area contributed by atoms with Crippen molar-refractivity contribution in [3.63, 3.8) is 0 Å². The topological polar surface area (TPSA) is 230 Å². The number of allylic oxidation sites excluding steroid dienone is 10. The summed E-state index contributed by atoms with van der Waals surface area (Å²) in [6.45, 7) is 1.25. The second-order valence-electron chi connectivity index (χ2n) is 16.7. The number of aliphatic hydroxyl groups is 6. The number of phosphoric ester groups is 1. The summed E-state index contributed by atoms with van der Waals surface area (Å²) < 4.78 is 33.5. The summed E-state index contributed by atoms with van der Waals surface area (Å²) in [5, 5.41) is 59.0. The summed E-state index contributed by atoms with van der Waals surface area (Å²) in [6, 6.07) is 0. The van der Waals surface area contributed by atoms with E-state index in [4.69, 9.17) is 23.6 Å². The molecule has 0 bridgehead atoms. The summed E-state index contributed by atoms with van der Waals surface area (Å²) >= 11 is 0. The summed E-state index contributed by atoms with van der Waals surface area (Å²) in [7, 11) is -5.14. The van der Waals surface area contributed by atoms with Gasteiger partial charge in [-0.15, -0.1) is 0 Å². The van der Waals surface area contributed by atoms with Crippen molar-refractivity contribution in [2.75, 3.05) is 19.8 Å². The highest BCUT2D eigenvalue weighted by Crippen LogP contribution is 2.47. The van der Waals surface area contributed by atoms with Crippen LogP contribution in [0.1, 0.15) is 174 Å². The lowest BCUT2D eigenvalue weighted by Crippen LogP contribution is -2.64. The molecule has 0 aromatic carbocycles. The fraction of sp³-hybridized carbons (Fsp3) is 0.755. The minimum Gasteiger partial charge on any atom is -0.462 e. The number of phosphoric acid groups is 1. The van der Waals surface area contributed by atoms with E-state index in [0.717, 1.165) is 77.0 Å². The van der Waals surface area contributed by atoms with Gasteiger partial charge in [0.05, 0.1) is 6.61 Å². The largest absolute Gasteiger partial charge is 0.472 e. The first-order valence-corrected chi connectivity index (χ1v) is 25.7. The average Bonchev–Trinajstić information content (AvgIpc) is 3.28. The molecule has 1 aliphatic rings. The Balaban J connectivity index is 2.48. The van der Waals surface area contributed by atoms with Crippen molar-refractivity contribution < 1.29 is 68.2 Å². The molecule has 0 spiro atoms. The number of unbranched alkanes of at least 4 members (excludes halogenated alkanes) is 17. The minimum atomic E-state index is -5.14. The minimum absolute atomic E-state index is 0.00826. The third kappa shape index (κ3) is 31.4. The summed E-state index contributed by atoms with van der Waals surface area (Å²) in [6.07, 6.45) is 32.9. The fourth-order valence-corrected chi connectivity index (χ4v) is 7.93. The van der Waals surface area contributed by atoms with E-state index >= 15 is 0 Å². The Morgan fingerprint density at radius 3 is 1.44 bits per heavy atom. The van der Waals surface area contributed by atoms with Crippen LogP contribution in [0.4, 0.5) is 0 Å². The first kappa shape index (κ1) is 59.5. The molecule has 370 valence electrons. The summed E-state index contributed by atoms with van der Waals surface area (Å²) in [5.41, 5.74) is 0. The number of rotatable bonds is 40. The monoisotopic (exact) mass is 929 g/mol. The van der Waals surface area contributed by atoms with Crippen molar-refractivity contribution >= 4 is 19.8 Å². The van der Waals surface area contributed by atoms with Crippen LogP contribution in [0, 0.1) is 0 Å². The lowest BCUT2D eigenvalue weighted by Gasteiger charge is -2.41. The zero-order valence-electron chi connectivity index (χ0n) is 38.8. The second-order valence-corrected chi connectivity index (χ2v) is 18.1. The number of carbonyl (C=O) groups excluding carboxylic acids is 2. The van der Waals surface area contributed by atoms with Gasteiger partial charge in [-0.1, -0.05) is 138 Å². The van der Waals surface area contributed by atoms with Crippen LogP contribution in [-0.4, -0.2) is 110 Å². The van der Waals surface area contributed by atoms with Crippen LogP contribution < -0.4 is 0 Å². The lowest BCUT2D eigenvalue weighted by molar-refractivity contribution is -0.220. The molecule has 1 aliphatic carbocycles. The third-order valence-electron chi connectivity index (χ3n) is 10.9. The van der Waals surface area contributed by atoms with Gasteiger partial charge in [-0.3, -0.25) is 18.6 Å². The molecule has 0 radical (unpaired) electrons. The molecule has 0 saturated heterocycles. The highest BCUT2D eigenvalue weighted by molar-refractivity contribution is 7.47. The molecule has 64 heavy (non-hydrogen) atoms. The Morgan fingerprint density at radius 1 is 0.516 bits per heavy atom. The zero-order valence-corrected chi connectivity index (χ0v) is 39.7. The molecule has 8 atom stereocenters. The van der Waals surface area contributed by atoms with Crippen molar-refractivity contribution in [2.45, 2.75) is 217 Å². The first-order valence-electron chi connectivity index (χ1n) is 24.2. The molecule has 1 rings (SSSR count). The van der Waals surface area contributed by atoms with Crippen molar-refractivity contribution in [2.24, 2.45) is 0 Å². The van der Waals surface area contributed by atoms with Gasteiger partial charge >= 0.3 is 19.8 Å². The molecular formula is C49H85O14P. The molecule has 0 aliphatic heterocycles. The quantitative estimate of drug-likeness (QED) is 0.0132. The molecular weight excluding hydrogens is 843 g/mol. The number of ether oxygens (including phenoxy) is 2. The van der Waals surface area contributed by atoms with Crippen molar-refractivity contribution in [3.05, 3.63) is 60.8 Å². The van der Waals surface area contributed by atoms with Crippen LogP contribution in [0.25, 0.3) is 0 Å². The predicted octanol–water partition coefficient (Wildman–Crippen LogP) is 8.70. The molecule has 0 aromatic heterocycles. The maximum Gasteiger partial charge on any atom is 0.472 e. The zero-order chi connectivity index (χ0) is 47.1. The van der Waals surface area contributed by atoms with Gasteiger partial charge in [-0.25, -0.2) is 4.57 Å². The normalized spacial score (nSPS) is 22.1. The van der Waals surface area contributed by atoms with Crippen LogP contribution >= 0.6 is 7.82 Å². The van der Waals surface area contributed by atoms with Crippen molar-refractivity contribution in [3.8, 4) is 0 Å². The highest BCUT2D eigenvalue weighted by atomic mass is 31.2. The Labute approximate surface area is 384 Å². The van der Waals surface area contributed by atoms with E-state index in [-0.39, 0.29) is 19.4 Å². The van der Waals surface area contributed by atoms with E-state index < -0.39 is 75.7 Å². The Hall–Kier alpha value is -2.49. The van der Waals surface area contributed by atoms with Gasteiger partial charge in [0.1, 0.15) is 43.2 Å². The van der Waals surface area contributed by atoms with Crippen LogP contribution in [-0.2, 0) is 32.7 Å². The number of hydrogen-bond acceptors (Lipinski definition) is 13. The van der Waals surface area contributed by atoms with E-state index in [1.807, 2.05) is 12.2 Å². The number of esters is 2. The molecule has 3 unspecified atom stereocenters. The molecule has 0 amide bonds. The summed E-state index contributed by atoms with van der Waals surface area (Å²) in [5.74, 6) is -1.19. The van der Waals surface area contributed by atoms with Crippen LogP contribution in [0.5, 0.6) is 0 Å². The van der Waals surface area contributed by atoms with E-state index in [2.05, 4.69) is 55.5 Å². The van der Waals surface area contributed by atoms with Crippen LogP contribution in [0.3, 0.4) is 0 Å². The maximum absolute atomic E-state index is 12.8. The van der Waals surface area contributed by atoms with Crippen molar-refractivity contribution in [1.29, 1.82) is 0 Å². The van der Waals surface area contributed by atoms with Gasteiger partial charge in [0.15, 0.2) is 6.10 Å². The van der Waals surface area contributed by atoms with E-state index in [1.54, 1.807) is 0 Å². The molecule has 1 fully saturated rings. The SMILES string of the molecule is CCCCCCCC/C=C\CCCCCCCCCC(=O)OC[C@H](COP(=O)(O)OC1[C@H](O)[C@H](O)C(O)[C@H](O)[C@H]1O)OC(=O)CCC/C=C\C/C=C\C/C=C\C/C=C\CCCCCO. The molecule has 15 heteroatoms. The van der Waals surface area contributed by atoms with Gasteiger partial charge in [0.2, 0.25) is 0 Å². The Bertz CT molecular complexity index is 1350. The second kappa shape index (κ2) is 39.7. The standard InChI is InChI=1S/C49H85O14P/c1-2-3-4-5-6-7-8-9-10-12-15-18-21-24-27-30-33-36-42(51)60-39-41(40-61-64(58,59)63-49-47(56)45(54)44(53)46(55)48(49)57)62-43(52)37-34-31-28-25-22-19-16-13-11-14-17-20-23-26-29-32-35-38-50/h9-11,14,16,19-20,23,25,28,41,44-50,53-57H,2-8,12-13,15,17-18,21-22,24,26-27,29-40H2,1H3,(H,58,59)/b10-9-,14-11-,19-16-,23-20-,28-25-/t41-,44?,45-,46+,47-,48-,49?/m1/s1. The smallest absolute Gasteiger partial charge is 0.462 e. The van der Waals surface area contributed by atoms with Gasteiger partial charge in [-0.05, 0) is 83.5 Å². The van der Waals surface area contributed by atoms with Crippen molar-refractivity contribution in [1.82, 2.24) is 0 Å². The Kier molecular flexibility index (Phi) is 36.9. The molecule has 7 N–H and O–H groups in total. The number of aliphatic hydroxyl groups excluding tert-OH is 6. The third-order valence-corrected chi connectivity index (χ3v) is 11.9. The first-order chi connectivity index (χ1) is 30.9. The van der Waals surface area contributed by atoms with E-state index in [9.17, 15) is 44.6 Å².